The monoisotopic (exact) mass is 1110 g/mol. The van der Waals surface area contributed by atoms with Crippen LogP contribution >= 0.6 is 0 Å². The molecule has 0 bridgehead atoms. The number of hydrogen-bond donors (Lipinski definition) is 1. The molecular formula is C71H120NO8+. The maximum Gasteiger partial charge on any atom is 0.361 e. The molecule has 0 saturated heterocycles. The Labute approximate surface area is 491 Å². The van der Waals surface area contributed by atoms with E-state index in [0.717, 1.165) is 116 Å². The molecule has 80 heavy (non-hydrogen) atoms. The van der Waals surface area contributed by atoms with Crippen LogP contribution in [0.1, 0.15) is 251 Å². The third-order valence-electron chi connectivity index (χ3n) is 13.5. The first kappa shape index (κ1) is 75.7. The minimum atomic E-state index is -1.52. The molecule has 0 fully saturated rings. The van der Waals surface area contributed by atoms with Crippen molar-refractivity contribution in [3.05, 3.63) is 122 Å². The molecule has 1 N–H and O–H groups in total. The zero-order chi connectivity index (χ0) is 58.3. The van der Waals surface area contributed by atoms with Crippen molar-refractivity contribution in [2.24, 2.45) is 0 Å². The van der Waals surface area contributed by atoms with E-state index in [1.165, 1.54) is 103 Å². The van der Waals surface area contributed by atoms with Crippen molar-refractivity contribution in [1.29, 1.82) is 0 Å². The summed E-state index contributed by atoms with van der Waals surface area (Å²) in [5.74, 6) is -2.03. The summed E-state index contributed by atoms with van der Waals surface area (Å²) in [6, 6.07) is 0. The number of carbonyl (C=O) groups is 3. The Balaban J connectivity index is 4.11. The lowest BCUT2D eigenvalue weighted by Crippen LogP contribution is -2.40. The van der Waals surface area contributed by atoms with Crippen LogP contribution in [0.15, 0.2) is 122 Å². The molecule has 0 rings (SSSR count). The molecule has 0 aliphatic heterocycles. The van der Waals surface area contributed by atoms with Gasteiger partial charge in [-0.2, -0.15) is 0 Å². The lowest BCUT2D eigenvalue weighted by Gasteiger charge is -2.25. The number of carboxylic acids is 1. The van der Waals surface area contributed by atoms with Crippen LogP contribution in [0.5, 0.6) is 0 Å². The van der Waals surface area contributed by atoms with Gasteiger partial charge in [-0.25, -0.2) is 4.79 Å². The van der Waals surface area contributed by atoms with E-state index in [4.69, 9.17) is 18.9 Å². The van der Waals surface area contributed by atoms with Crippen LogP contribution < -0.4 is 0 Å². The minimum Gasteiger partial charge on any atom is -0.477 e. The Hall–Kier alpha value is -4.31. The van der Waals surface area contributed by atoms with Crippen molar-refractivity contribution >= 4 is 17.9 Å². The highest BCUT2D eigenvalue weighted by Crippen LogP contribution is 2.16. The first-order chi connectivity index (χ1) is 39.1. The summed E-state index contributed by atoms with van der Waals surface area (Å²) >= 11 is 0. The molecule has 0 aromatic carbocycles. The average molecular weight is 1120 g/mol. The molecule has 0 amide bonds. The summed E-state index contributed by atoms with van der Waals surface area (Å²) in [5, 5.41) is 9.71. The van der Waals surface area contributed by atoms with Gasteiger partial charge < -0.3 is 28.5 Å². The highest BCUT2D eigenvalue weighted by molar-refractivity contribution is 5.71. The molecule has 2 unspecified atom stereocenters. The molecule has 0 saturated carbocycles. The molecule has 0 aromatic heterocycles. The van der Waals surface area contributed by atoms with Gasteiger partial charge in [0.05, 0.1) is 34.4 Å². The molecule has 0 aromatic rings. The quantitative estimate of drug-likeness (QED) is 0.0211. The fourth-order valence-corrected chi connectivity index (χ4v) is 8.53. The van der Waals surface area contributed by atoms with Gasteiger partial charge in [0.25, 0.3) is 6.29 Å². The zero-order valence-electron chi connectivity index (χ0n) is 51.9. The summed E-state index contributed by atoms with van der Waals surface area (Å²) in [5.41, 5.74) is 0. The Morgan fingerprint density at radius 1 is 0.388 bits per heavy atom. The van der Waals surface area contributed by atoms with Crippen molar-refractivity contribution in [1.82, 2.24) is 0 Å². The molecule has 0 aliphatic carbocycles. The first-order valence-corrected chi connectivity index (χ1v) is 32.2. The fraction of sp³-hybridized carbons (Fsp3) is 0.676. The molecule has 0 radical (unpaired) electrons. The van der Waals surface area contributed by atoms with E-state index in [9.17, 15) is 19.5 Å². The SMILES string of the molecule is CC/C=C\C/C=C\C/C=C\C/C=C\C/C=C\C/C=C\C/C=C\C/C=C\CCCCCCCCCCCCCCCCC(=O)OC(COC(=O)CCCCCCC/C=C\C/C=C\CCCCCC)COC(OCC[N+](C)(C)C)C(=O)O. The Kier molecular flexibility index (Phi) is 57.5. The van der Waals surface area contributed by atoms with Gasteiger partial charge in [0.2, 0.25) is 0 Å². The van der Waals surface area contributed by atoms with Gasteiger partial charge in [-0.3, -0.25) is 9.59 Å². The van der Waals surface area contributed by atoms with Crippen molar-refractivity contribution in [3.8, 4) is 0 Å². The Bertz CT molecular complexity index is 1730. The number of quaternary nitrogens is 1. The molecule has 0 aliphatic rings. The summed E-state index contributed by atoms with van der Waals surface area (Å²) in [6.07, 6.45) is 83.0. The zero-order valence-corrected chi connectivity index (χ0v) is 51.9. The van der Waals surface area contributed by atoms with Crippen molar-refractivity contribution in [2.75, 3.05) is 47.5 Å². The van der Waals surface area contributed by atoms with Gasteiger partial charge in [0.15, 0.2) is 6.10 Å². The maximum atomic E-state index is 12.9. The highest BCUT2D eigenvalue weighted by Gasteiger charge is 2.25. The lowest BCUT2D eigenvalue weighted by atomic mass is 10.0. The normalized spacial score (nSPS) is 13.6. The minimum absolute atomic E-state index is 0.181. The van der Waals surface area contributed by atoms with Crippen LogP contribution in [-0.2, 0) is 33.3 Å². The number of likely N-dealkylation sites (N-methyl/N-ethyl adjacent to an activating group) is 1. The number of rotatable bonds is 58. The van der Waals surface area contributed by atoms with E-state index in [-0.39, 0.29) is 38.6 Å². The van der Waals surface area contributed by atoms with E-state index in [2.05, 4.69) is 135 Å². The maximum absolute atomic E-state index is 12.9. The molecule has 9 nitrogen and oxygen atoms in total. The largest absolute Gasteiger partial charge is 0.477 e. The fourth-order valence-electron chi connectivity index (χ4n) is 8.53. The number of aliphatic carboxylic acids is 1. The van der Waals surface area contributed by atoms with Gasteiger partial charge in [0.1, 0.15) is 13.2 Å². The predicted octanol–water partition coefficient (Wildman–Crippen LogP) is 19.6. The number of ether oxygens (including phenoxy) is 4. The van der Waals surface area contributed by atoms with Gasteiger partial charge in [-0.05, 0) is 109 Å². The predicted molar refractivity (Wildman–Crippen MR) is 341 cm³/mol. The average Bonchev–Trinajstić information content (AvgIpc) is 3.43. The number of nitrogens with zero attached hydrogens (tertiary/aromatic N) is 1. The highest BCUT2D eigenvalue weighted by atomic mass is 16.7. The van der Waals surface area contributed by atoms with Crippen LogP contribution in [0.3, 0.4) is 0 Å². The topological polar surface area (TPSA) is 108 Å². The second kappa shape index (κ2) is 60.8. The number of unbranched alkanes of at least 4 members (excludes halogenated alkanes) is 23. The molecule has 0 heterocycles. The molecule has 0 spiro atoms. The Morgan fingerprint density at radius 2 is 0.713 bits per heavy atom. The van der Waals surface area contributed by atoms with Crippen LogP contribution in [0.25, 0.3) is 0 Å². The van der Waals surface area contributed by atoms with E-state index in [1.807, 2.05) is 21.1 Å². The number of carboxylic acid groups (broad SMARTS) is 1. The molecular weight excluding hydrogens is 995 g/mol. The van der Waals surface area contributed by atoms with Gasteiger partial charge in [-0.15, -0.1) is 0 Å². The van der Waals surface area contributed by atoms with E-state index < -0.39 is 24.3 Å². The van der Waals surface area contributed by atoms with E-state index >= 15 is 0 Å². The van der Waals surface area contributed by atoms with Gasteiger partial charge in [-0.1, -0.05) is 251 Å². The summed E-state index contributed by atoms with van der Waals surface area (Å²) < 4.78 is 22.9. The molecule has 2 atom stereocenters. The molecule has 9 heteroatoms. The standard InChI is InChI=1S/C71H119NO8/c1-6-8-10-12-14-16-18-20-22-24-25-26-27-28-29-30-31-32-33-34-35-36-37-38-39-40-41-42-43-44-45-46-48-50-52-54-56-58-60-62-69(74)80-67(66-79-71(70(75)76)77-64-63-72(3,4)5)65-78-68(73)61-59-57-55-53-51-49-47-23-21-19-17-15-13-11-9-7-2/h8,10,14,16-17,19-20,22-23,25-26,28-29,31-32,34-35,37-38,47,67,71H,6-7,9,11-13,15,18,21,24,27,30,33,36,39-46,48-66H2,1-5H3/p+1/b10-8-,16-14-,19-17-,22-20-,26-25-,29-28-,32-31-,35-34-,38-37-,47-23-. The van der Waals surface area contributed by atoms with Crippen LogP contribution in [0, 0.1) is 0 Å². The third-order valence-corrected chi connectivity index (χ3v) is 13.5. The van der Waals surface area contributed by atoms with E-state index in [0.29, 0.717) is 17.4 Å². The third kappa shape index (κ3) is 61.3. The molecule has 456 valence electrons. The number of carbonyl (C=O) groups excluding carboxylic acids is 2. The summed E-state index contributed by atoms with van der Waals surface area (Å²) in [6.45, 7) is 4.73. The number of hydrogen-bond acceptors (Lipinski definition) is 7. The van der Waals surface area contributed by atoms with Gasteiger partial charge in [0, 0.05) is 12.8 Å². The van der Waals surface area contributed by atoms with Crippen molar-refractivity contribution in [2.45, 2.75) is 264 Å². The van der Waals surface area contributed by atoms with Crippen molar-refractivity contribution in [3.63, 3.8) is 0 Å². The summed E-state index contributed by atoms with van der Waals surface area (Å²) in [4.78, 5) is 37.5. The first-order valence-electron chi connectivity index (χ1n) is 32.2. The van der Waals surface area contributed by atoms with Crippen molar-refractivity contribution < 1.29 is 42.9 Å². The van der Waals surface area contributed by atoms with Crippen LogP contribution in [-0.4, -0.2) is 87.4 Å². The van der Waals surface area contributed by atoms with Crippen LogP contribution in [0.2, 0.25) is 0 Å². The number of allylic oxidation sites excluding steroid dienone is 20. The summed E-state index contributed by atoms with van der Waals surface area (Å²) in [7, 11) is 5.96. The number of esters is 2. The van der Waals surface area contributed by atoms with E-state index in [1.54, 1.807) is 0 Å². The Morgan fingerprint density at radius 3 is 1.06 bits per heavy atom. The second-order valence-electron chi connectivity index (χ2n) is 22.3. The second-order valence-corrected chi connectivity index (χ2v) is 22.3. The van der Waals surface area contributed by atoms with Gasteiger partial charge >= 0.3 is 17.9 Å². The van der Waals surface area contributed by atoms with Crippen LogP contribution in [0.4, 0.5) is 0 Å². The lowest BCUT2D eigenvalue weighted by molar-refractivity contribution is -0.870. The smallest absolute Gasteiger partial charge is 0.361 e.